The van der Waals surface area contributed by atoms with Gasteiger partial charge in [-0.05, 0) is 37.5 Å². The van der Waals surface area contributed by atoms with Crippen molar-refractivity contribution in [3.63, 3.8) is 0 Å². The van der Waals surface area contributed by atoms with Gasteiger partial charge in [0, 0.05) is 39.5 Å². The normalized spacial score (nSPS) is 11.1. The van der Waals surface area contributed by atoms with Crippen LogP contribution in [-0.2, 0) is 9.47 Å². The molecule has 0 spiro atoms. The van der Waals surface area contributed by atoms with Crippen molar-refractivity contribution in [3.05, 3.63) is 34.9 Å². The van der Waals surface area contributed by atoms with Crippen LogP contribution in [0.4, 0.5) is 0 Å². The van der Waals surface area contributed by atoms with Gasteiger partial charge < -0.3 is 9.47 Å². The van der Waals surface area contributed by atoms with E-state index in [-0.39, 0.29) is 5.78 Å². The lowest BCUT2D eigenvalue weighted by Gasteiger charge is -2.21. The maximum atomic E-state index is 12.4. The van der Waals surface area contributed by atoms with E-state index < -0.39 is 0 Å². The molecule has 0 bridgehead atoms. The largest absolute Gasteiger partial charge is 0.385 e. The quantitative estimate of drug-likeness (QED) is 0.491. The monoisotopic (exact) mass is 293 g/mol. The first-order valence-electron chi connectivity index (χ1n) is 7.39. The first-order valence-corrected chi connectivity index (χ1v) is 7.39. The maximum absolute atomic E-state index is 12.4. The van der Waals surface area contributed by atoms with Crippen molar-refractivity contribution in [2.45, 2.75) is 20.3 Å². The molecule has 1 rings (SSSR count). The summed E-state index contributed by atoms with van der Waals surface area (Å²) in [4.78, 5) is 14.5. The molecule has 0 atom stereocenters. The molecule has 0 aliphatic carbocycles. The molecule has 0 fully saturated rings. The van der Waals surface area contributed by atoms with E-state index in [2.05, 4.69) is 11.8 Å². The topological polar surface area (TPSA) is 38.8 Å². The summed E-state index contributed by atoms with van der Waals surface area (Å²) in [7, 11) is 3.37. The number of methoxy groups -OCH3 is 2. The highest BCUT2D eigenvalue weighted by atomic mass is 16.5. The summed E-state index contributed by atoms with van der Waals surface area (Å²) in [6.07, 6.45) is 0.917. The average molecular weight is 293 g/mol. The van der Waals surface area contributed by atoms with Crippen molar-refractivity contribution in [2.24, 2.45) is 0 Å². The van der Waals surface area contributed by atoms with E-state index in [0.29, 0.717) is 19.8 Å². The van der Waals surface area contributed by atoms with Crippen LogP contribution in [0, 0.1) is 13.8 Å². The van der Waals surface area contributed by atoms with Gasteiger partial charge in [0.15, 0.2) is 5.78 Å². The summed E-state index contributed by atoms with van der Waals surface area (Å²) in [6, 6.07) is 5.89. The average Bonchev–Trinajstić information content (AvgIpc) is 2.47. The molecule has 0 heterocycles. The Hall–Kier alpha value is -1.23. The van der Waals surface area contributed by atoms with E-state index in [1.54, 1.807) is 14.2 Å². The van der Waals surface area contributed by atoms with E-state index in [0.717, 1.165) is 30.6 Å². The highest BCUT2D eigenvalue weighted by Gasteiger charge is 2.13. The summed E-state index contributed by atoms with van der Waals surface area (Å²) < 4.78 is 10.2. The second kappa shape index (κ2) is 9.66. The van der Waals surface area contributed by atoms with Crippen LogP contribution in [0.5, 0.6) is 0 Å². The summed E-state index contributed by atoms with van der Waals surface area (Å²) in [5.74, 6) is 0.159. The summed E-state index contributed by atoms with van der Waals surface area (Å²) in [5, 5.41) is 0. The first-order chi connectivity index (χ1) is 10.1. The van der Waals surface area contributed by atoms with Gasteiger partial charge in [-0.3, -0.25) is 9.69 Å². The predicted octanol–water partition coefficient (Wildman–Crippen LogP) is 2.47. The number of rotatable bonds is 10. The fourth-order valence-electron chi connectivity index (χ4n) is 2.13. The standard InChI is InChI=1S/C17H27NO3/c1-14-6-7-16(12-15(14)2)17(19)13-18(9-11-21-4)8-5-10-20-3/h6-7,12H,5,8-11,13H2,1-4H3. The van der Waals surface area contributed by atoms with Crippen LogP contribution in [0.1, 0.15) is 27.9 Å². The number of ether oxygens (including phenoxy) is 2. The SMILES string of the molecule is COCCCN(CCOC)CC(=O)c1ccc(C)c(C)c1. The van der Waals surface area contributed by atoms with Gasteiger partial charge in [0.2, 0.25) is 0 Å². The lowest BCUT2D eigenvalue weighted by atomic mass is 10.0. The molecule has 0 saturated carbocycles. The molecule has 0 aliphatic heterocycles. The van der Waals surface area contributed by atoms with Gasteiger partial charge in [0.1, 0.15) is 0 Å². The van der Waals surface area contributed by atoms with E-state index in [9.17, 15) is 4.79 Å². The Morgan fingerprint density at radius 1 is 1.05 bits per heavy atom. The number of carbonyl (C=O) groups excluding carboxylic acids is 1. The zero-order chi connectivity index (χ0) is 15.7. The van der Waals surface area contributed by atoms with Crippen LogP contribution in [0.15, 0.2) is 18.2 Å². The molecule has 0 aliphatic rings. The van der Waals surface area contributed by atoms with Crippen LogP contribution < -0.4 is 0 Å². The van der Waals surface area contributed by atoms with E-state index in [4.69, 9.17) is 9.47 Å². The Labute approximate surface area is 128 Å². The van der Waals surface area contributed by atoms with Crippen LogP contribution in [0.3, 0.4) is 0 Å². The molecule has 4 nitrogen and oxygen atoms in total. The number of ketones is 1. The third-order valence-electron chi connectivity index (χ3n) is 3.63. The number of benzene rings is 1. The summed E-state index contributed by atoms with van der Waals surface area (Å²) in [5.41, 5.74) is 3.15. The number of nitrogens with zero attached hydrogens (tertiary/aromatic N) is 1. The van der Waals surface area contributed by atoms with E-state index in [1.807, 2.05) is 25.1 Å². The third kappa shape index (κ3) is 6.38. The van der Waals surface area contributed by atoms with Crippen LogP contribution in [0.25, 0.3) is 0 Å². The van der Waals surface area contributed by atoms with Crippen molar-refractivity contribution >= 4 is 5.78 Å². The molecule has 21 heavy (non-hydrogen) atoms. The molecular weight excluding hydrogens is 266 g/mol. The molecule has 0 aromatic heterocycles. The number of carbonyl (C=O) groups is 1. The zero-order valence-electron chi connectivity index (χ0n) is 13.6. The van der Waals surface area contributed by atoms with Gasteiger partial charge in [0.05, 0.1) is 13.2 Å². The molecule has 1 aromatic rings. The predicted molar refractivity (Wildman–Crippen MR) is 85.1 cm³/mol. The Kier molecular flexibility index (Phi) is 8.20. The minimum atomic E-state index is 0.159. The lowest BCUT2D eigenvalue weighted by Crippen LogP contribution is -2.34. The van der Waals surface area contributed by atoms with Crippen molar-refractivity contribution in [2.75, 3.05) is 47.1 Å². The van der Waals surface area contributed by atoms with Gasteiger partial charge in [0.25, 0.3) is 0 Å². The lowest BCUT2D eigenvalue weighted by molar-refractivity contribution is 0.0877. The Morgan fingerprint density at radius 2 is 1.76 bits per heavy atom. The number of aryl methyl sites for hydroxylation is 2. The molecular formula is C17H27NO3. The second-order valence-corrected chi connectivity index (χ2v) is 5.34. The smallest absolute Gasteiger partial charge is 0.176 e. The molecule has 118 valence electrons. The molecule has 4 heteroatoms. The maximum Gasteiger partial charge on any atom is 0.176 e. The highest BCUT2D eigenvalue weighted by molar-refractivity contribution is 5.97. The fourth-order valence-corrected chi connectivity index (χ4v) is 2.13. The molecule has 1 aromatic carbocycles. The summed E-state index contributed by atoms with van der Waals surface area (Å²) >= 11 is 0. The minimum absolute atomic E-state index is 0.159. The minimum Gasteiger partial charge on any atom is -0.385 e. The van der Waals surface area contributed by atoms with Crippen molar-refractivity contribution in [1.29, 1.82) is 0 Å². The van der Waals surface area contributed by atoms with E-state index >= 15 is 0 Å². The van der Waals surface area contributed by atoms with E-state index in [1.165, 1.54) is 5.56 Å². The van der Waals surface area contributed by atoms with Gasteiger partial charge in [-0.15, -0.1) is 0 Å². The van der Waals surface area contributed by atoms with Crippen LogP contribution in [0.2, 0.25) is 0 Å². The van der Waals surface area contributed by atoms with Gasteiger partial charge in [-0.25, -0.2) is 0 Å². The van der Waals surface area contributed by atoms with Crippen molar-refractivity contribution in [3.8, 4) is 0 Å². The first kappa shape index (κ1) is 17.8. The highest BCUT2D eigenvalue weighted by Crippen LogP contribution is 2.11. The Bertz CT molecular complexity index is 446. The zero-order valence-corrected chi connectivity index (χ0v) is 13.6. The molecule has 0 radical (unpaired) electrons. The number of Topliss-reactive ketones (excluding diaryl/α,β-unsaturated/α-hetero) is 1. The number of hydrogen-bond acceptors (Lipinski definition) is 4. The van der Waals surface area contributed by atoms with Crippen molar-refractivity contribution < 1.29 is 14.3 Å². The fraction of sp³-hybridized carbons (Fsp3) is 0.588. The van der Waals surface area contributed by atoms with Gasteiger partial charge in [-0.2, -0.15) is 0 Å². The molecule has 0 N–H and O–H groups in total. The second-order valence-electron chi connectivity index (χ2n) is 5.34. The van der Waals surface area contributed by atoms with Gasteiger partial charge in [-0.1, -0.05) is 12.1 Å². The third-order valence-corrected chi connectivity index (χ3v) is 3.63. The summed E-state index contributed by atoms with van der Waals surface area (Å²) in [6.45, 7) is 7.46. The van der Waals surface area contributed by atoms with Crippen LogP contribution in [-0.4, -0.2) is 57.8 Å². The molecule has 0 unspecified atom stereocenters. The van der Waals surface area contributed by atoms with Gasteiger partial charge >= 0.3 is 0 Å². The van der Waals surface area contributed by atoms with Crippen molar-refractivity contribution in [1.82, 2.24) is 4.90 Å². The molecule has 0 saturated heterocycles. The molecule has 0 amide bonds. The Balaban J connectivity index is 2.62. The van der Waals surface area contributed by atoms with Crippen LogP contribution >= 0.6 is 0 Å². The Morgan fingerprint density at radius 3 is 2.38 bits per heavy atom. The number of hydrogen-bond donors (Lipinski definition) is 0.